The first kappa shape index (κ1) is 12.1. The van der Waals surface area contributed by atoms with Gasteiger partial charge in [-0.3, -0.25) is 0 Å². The van der Waals surface area contributed by atoms with Crippen molar-refractivity contribution < 1.29 is 8.42 Å². The Labute approximate surface area is 101 Å². The molecule has 0 radical (unpaired) electrons. The topological polar surface area (TPSA) is 88.3 Å². The fourth-order valence-electron chi connectivity index (χ4n) is 2.01. The lowest BCUT2D eigenvalue weighted by molar-refractivity contribution is 0.601. The van der Waals surface area contributed by atoms with Crippen LogP contribution in [-0.4, -0.2) is 38.0 Å². The number of nitrogens with two attached hydrogens (primary N) is 1. The van der Waals surface area contributed by atoms with Crippen molar-refractivity contribution in [2.75, 3.05) is 28.9 Å². The molecular formula is C10H16N4O2S. The minimum Gasteiger partial charge on any atom is -0.370 e. The number of sulfone groups is 1. The molecule has 2 heterocycles. The van der Waals surface area contributed by atoms with Crippen molar-refractivity contribution in [3.05, 3.63) is 18.3 Å². The average molecular weight is 256 g/mol. The van der Waals surface area contributed by atoms with Crippen LogP contribution in [0.15, 0.2) is 18.3 Å². The van der Waals surface area contributed by atoms with Crippen LogP contribution in [-0.2, 0) is 9.84 Å². The van der Waals surface area contributed by atoms with Crippen LogP contribution in [0, 0.1) is 0 Å². The Hall–Kier alpha value is -1.34. The molecule has 1 fully saturated rings. The van der Waals surface area contributed by atoms with Crippen LogP contribution in [0.5, 0.6) is 0 Å². The number of pyridine rings is 1. The van der Waals surface area contributed by atoms with Gasteiger partial charge in [-0.1, -0.05) is 0 Å². The maximum Gasteiger partial charge on any atom is 0.152 e. The van der Waals surface area contributed by atoms with Gasteiger partial charge in [0, 0.05) is 31.0 Å². The van der Waals surface area contributed by atoms with Gasteiger partial charge < -0.3 is 10.3 Å². The van der Waals surface area contributed by atoms with Gasteiger partial charge in [-0.2, -0.15) is 0 Å². The second-order valence-corrected chi connectivity index (χ2v) is 6.44. The number of nitrogens with one attached hydrogen (secondary N) is 1. The highest BCUT2D eigenvalue weighted by molar-refractivity contribution is 7.91. The predicted octanol–water partition coefficient (Wildman–Crippen LogP) is -0.00950. The molecule has 0 amide bonds. The lowest BCUT2D eigenvalue weighted by Gasteiger charge is -2.25. The van der Waals surface area contributed by atoms with Gasteiger partial charge in [0.15, 0.2) is 9.84 Å². The van der Waals surface area contributed by atoms with E-state index in [9.17, 15) is 8.42 Å². The van der Waals surface area contributed by atoms with E-state index < -0.39 is 9.84 Å². The molecule has 0 aromatic carbocycles. The third-order valence-electron chi connectivity index (χ3n) is 3.05. The molecule has 1 aromatic rings. The molecule has 1 atom stereocenters. The van der Waals surface area contributed by atoms with E-state index in [1.165, 1.54) is 0 Å². The first-order chi connectivity index (χ1) is 8.02. The highest BCUT2D eigenvalue weighted by Crippen LogP contribution is 2.23. The molecule has 17 heavy (non-hydrogen) atoms. The first-order valence-electron chi connectivity index (χ1n) is 5.38. The molecular weight excluding hydrogens is 240 g/mol. The molecule has 7 heteroatoms. The zero-order chi connectivity index (χ0) is 12.5. The van der Waals surface area contributed by atoms with Gasteiger partial charge in [0.1, 0.15) is 5.82 Å². The Morgan fingerprint density at radius 1 is 1.59 bits per heavy atom. The molecule has 3 N–H and O–H groups in total. The van der Waals surface area contributed by atoms with Gasteiger partial charge in [0.25, 0.3) is 0 Å². The number of nitrogens with zero attached hydrogens (tertiary/aromatic N) is 2. The molecule has 0 aliphatic carbocycles. The van der Waals surface area contributed by atoms with E-state index in [1.54, 1.807) is 12.3 Å². The fourth-order valence-corrected chi connectivity index (χ4v) is 3.78. The van der Waals surface area contributed by atoms with Crippen molar-refractivity contribution in [1.82, 2.24) is 4.98 Å². The van der Waals surface area contributed by atoms with Crippen molar-refractivity contribution in [3.8, 4) is 0 Å². The smallest absolute Gasteiger partial charge is 0.152 e. The van der Waals surface area contributed by atoms with Crippen LogP contribution in [0.2, 0.25) is 0 Å². The van der Waals surface area contributed by atoms with Crippen LogP contribution in [0.1, 0.15) is 6.42 Å². The highest BCUT2D eigenvalue weighted by atomic mass is 32.2. The Balaban J connectivity index is 2.17. The molecule has 1 unspecified atom stereocenters. The Kier molecular flexibility index (Phi) is 3.21. The number of anilines is 2. The number of rotatable bonds is 3. The van der Waals surface area contributed by atoms with Gasteiger partial charge in [-0.25, -0.2) is 19.2 Å². The molecule has 0 saturated carbocycles. The third-order valence-corrected chi connectivity index (χ3v) is 4.81. The lowest BCUT2D eigenvalue weighted by atomic mass is 10.2. The van der Waals surface area contributed by atoms with E-state index in [1.807, 2.05) is 18.0 Å². The van der Waals surface area contributed by atoms with Crippen molar-refractivity contribution in [2.24, 2.45) is 5.84 Å². The Morgan fingerprint density at radius 3 is 2.94 bits per heavy atom. The van der Waals surface area contributed by atoms with Gasteiger partial charge in [0.2, 0.25) is 0 Å². The molecule has 94 valence electrons. The highest BCUT2D eigenvalue weighted by Gasteiger charge is 2.30. The first-order valence-corrected chi connectivity index (χ1v) is 7.20. The standard InChI is InChI=1S/C10H16N4O2S/c1-14(9-3-5-17(15,16)7-9)8-2-4-12-10(6-8)13-11/h2,4,6,9H,3,5,7,11H2,1H3,(H,12,13). The summed E-state index contributed by atoms with van der Waals surface area (Å²) >= 11 is 0. The third kappa shape index (κ3) is 2.67. The van der Waals surface area contributed by atoms with Gasteiger partial charge >= 0.3 is 0 Å². The van der Waals surface area contributed by atoms with E-state index in [2.05, 4.69) is 10.4 Å². The minimum absolute atomic E-state index is 0.0352. The van der Waals surface area contributed by atoms with Crippen LogP contribution < -0.4 is 16.2 Å². The second kappa shape index (κ2) is 4.50. The number of hydrogen-bond acceptors (Lipinski definition) is 6. The van der Waals surface area contributed by atoms with Crippen LogP contribution in [0.4, 0.5) is 11.5 Å². The second-order valence-electron chi connectivity index (χ2n) is 4.21. The summed E-state index contributed by atoms with van der Waals surface area (Å²) in [7, 11) is -0.972. The lowest BCUT2D eigenvalue weighted by Crippen LogP contribution is -2.32. The number of nitrogen functional groups attached to an aromatic ring is 1. The largest absolute Gasteiger partial charge is 0.370 e. The van der Waals surface area contributed by atoms with E-state index in [0.29, 0.717) is 12.2 Å². The minimum atomic E-state index is -2.86. The van der Waals surface area contributed by atoms with Crippen molar-refractivity contribution >= 4 is 21.3 Å². The molecule has 1 aliphatic heterocycles. The summed E-state index contributed by atoms with van der Waals surface area (Å²) in [5.74, 6) is 6.35. The van der Waals surface area contributed by atoms with Gasteiger partial charge in [-0.15, -0.1) is 0 Å². The molecule has 1 aliphatic rings. The maximum absolute atomic E-state index is 11.4. The molecule has 2 rings (SSSR count). The summed E-state index contributed by atoms with van der Waals surface area (Å²) < 4.78 is 22.9. The van der Waals surface area contributed by atoms with E-state index >= 15 is 0 Å². The monoisotopic (exact) mass is 256 g/mol. The van der Waals surface area contributed by atoms with Crippen LogP contribution in [0.3, 0.4) is 0 Å². The zero-order valence-corrected chi connectivity index (χ0v) is 10.4. The molecule has 1 saturated heterocycles. The summed E-state index contributed by atoms with van der Waals surface area (Å²) in [6, 6.07) is 3.67. The van der Waals surface area contributed by atoms with E-state index in [4.69, 9.17) is 5.84 Å². The summed E-state index contributed by atoms with van der Waals surface area (Å²) in [6.07, 6.45) is 2.32. The summed E-state index contributed by atoms with van der Waals surface area (Å²) in [5.41, 5.74) is 3.39. The van der Waals surface area contributed by atoms with Crippen LogP contribution in [0.25, 0.3) is 0 Å². The molecule has 1 aromatic heterocycles. The molecule has 6 nitrogen and oxygen atoms in total. The Morgan fingerprint density at radius 2 is 2.35 bits per heavy atom. The fraction of sp³-hybridized carbons (Fsp3) is 0.500. The summed E-state index contributed by atoms with van der Waals surface area (Å²) in [6.45, 7) is 0. The quantitative estimate of drug-likeness (QED) is 0.584. The Bertz CT molecular complexity index is 503. The summed E-state index contributed by atoms with van der Waals surface area (Å²) in [4.78, 5) is 5.98. The molecule has 0 spiro atoms. The predicted molar refractivity (Wildman–Crippen MR) is 67.5 cm³/mol. The van der Waals surface area contributed by atoms with Gasteiger partial charge in [-0.05, 0) is 12.5 Å². The van der Waals surface area contributed by atoms with Crippen molar-refractivity contribution in [1.29, 1.82) is 0 Å². The van der Waals surface area contributed by atoms with E-state index in [0.717, 1.165) is 5.69 Å². The zero-order valence-electron chi connectivity index (χ0n) is 9.63. The summed E-state index contributed by atoms with van der Waals surface area (Å²) in [5, 5.41) is 0. The number of hydrogen-bond donors (Lipinski definition) is 2. The maximum atomic E-state index is 11.4. The average Bonchev–Trinajstić information content (AvgIpc) is 2.69. The van der Waals surface area contributed by atoms with Crippen molar-refractivity contribution in [3.63, 3.8) is 0 Å². The normalized spacial score (nSPS) is 22.4. The molecule has 0 bridgehead atoms. The SMILES string of the molecule is CN(c1ccnc(NN)c1)C1CCS(=O)(=O)C1. The van der Waals surface area contributed by atoms with E-state index in [-0.39, 0.29) is 17.5 Å². The van der Waals surface area contributed by atoms with Crippen molar-refractivity contribution in [2.45, 2.75) is 12.5 Å². The number of aromatic nitrogens is 1. The van der Waals surface area contributed by atoms with Crippen LogP contribution >= 0.6 is 0 Å². The van der Waals surface area contributed by atoms with Gasteiger partial charge in [0.05, 0.1) is 11.5 Å². The number of hydrazine groups is 1.